The van der Waals surface area contributed by atoms with Gasteiger partial charge in [0.2, 0.25) is 5.91 Å². The van der Waals surface area contributed by atoms with Crippen molar-refractivity contribution in [2.24, 2.45) is 5.92 Å². The number of nitrogens with zero attached hydrogens (tertiary/aromatic N) is 2. The number of hydrogen-bond donors (Lipinski definition) is 1. The Kier molecular flexibility index (Phi) is 4.82. The van der Waals surface area contributed by atoms with Gasteiger partial charge in [-0.3, -0.25) is 4.79 Å². The Hall–Kier alpha value is -0.650. The molecule has 3 heterocycles. The molecule has 3 aliphatic rings. The van der Waals surface area contributed by atoms with Gasteiger partial charge in [0, 0.05) is 32.7 Å². The minimum atomic E-state index is -0.121. The van der Waals surface area contributed by atoms with Crippen LogP contribution in [0.2, 0.25) is 0 Å². The van der Waals surface area contributed by atoms with Crippen molar-refractivity contribution < 1.29 is 9.53 Å². The molecule has 0 aromatic rings. The van der Waals surface area contributed by atoms with Crippen LogP contribution >= 0.6 is 0 Å². The number of likely N-dealkylation sites (tertiary alicyclic amines) is 2. The Morgan fingerprint density at radius 1 is 1.19 bits per heavy atom. The van der Waals surface area contributed by atoms with Crippen LogP contribution in [0.3, 0.4) is 0 Å². The van der Waals surface area contributed by atoms with Gasteiger partial charge in [-0.15, -0.1) is 0 Å². The van der Waals surface area contributed by atoms with Crippen molar-refractivity contribution in [2.45, 2.75) is 38.2 Å². The van der Waals surface area contributed by atoms with E-state index >= 15 is 0 Å². The molecule has 0 bridgehead atoms. The van der Waals surface area contributed by atoms with Gasteiger partial charge in [-0.05, 0) is 51.6 Å². The molecule has 0 unspecified atom stereocenters. The van der Waals surface area contributed by atoms with E-state index < -0.39 is 0 Å². The lowest BCUT2D eigenvalue weighted by Crippen LogP contribution is -2.59. The van der Waals surface area contributed by atoms with Crippen molar-refractivity contribution in [3.8, 4) is 0 Å². The molecule has 0 aliphatic carbocycles. The summed E-state index contributed by atoms with van der Waals surface area (Å²) < 4.78 is 5.75. The molecule has 0 aromatic carbocycles. The first-order valence-corrected chi connectivity index (χ1v) is 8.49. The van der Waals surface area contributed by atoms with Gasteiger partial charge in [0.25, 0.3) is 0 Å². The highest BCUT2D eigenvalue weighted by Crippen LogP contribution is 2.21. The third kappa shape index (κ3) is 3.96. The molecule has 3 aliphatic heterocycles. The monoisotopic (exact) mass is 295 g/mol. The Morgan fingerprint density at radius 3 is 2.43 bits per heavy atom. The maximum atomic E-state index is 12.2. The lowest BCUT2D eigenvalue weighted by Gasteiger charge is -2.40. The molecule has 3 fully saturated rings. The van der Waals surface area contributed by atoms with E-state index in [-0.39, 0.29) is 18.1 Å². The smallest absolute Gasteiger partial charge is 0.248 e. The predicted molar refractivity (Wildman–Crippen MR) is 82.2 cm³/mol. The van der Waals surface area contributed by atoms with Crippen molar-refractivity contribution in [3.05, 3.63) is 0 Å². The maximum absolute atomic E-state index is 12.2. The zero-order chi connectivity index (χ0) is 14.7. The van der Waals surface area contributed by atoms with Gasteiger partial charge in [-0.25, -0.2) is 0 Å². The number of piperidine rings is 1. The van der Waals surface area contributed by atoms with E-state index in [1.165, 1.54) is 32.5 Å². The zero-order valence-electron chi connectivity index (χ0n) is 13.3. The molecule has 120 valence electrons. The molecular weight excluding hydrogens is 266 g/mol. The highest BCUT2D eigenvalue weighted by atomic mass is 16.5. The predicted octanol–water partition coefficient (Wildman–Crippen LogP) is 0.699. The van der Waals surface area contributed by atoms with E-state index in [4.69, 9.17) is 4.74 Å². The van der Waals surface area contributed by atoms with E-state index in [0.717, 1.165) is 44.9 Å². The highest BCUT2D eigenvalue weighted by molar-refractivity contribution is 5.77. The van der Waals surface area contributed by atoms with Gasteiger partial charge in [-0.1, -0.05) is 0 Å². The average molecular weight is 295 g/mol. The molecule has 0 spiro atoms. The fourth-order valence-electron chi connectivity index (χ4n) is 3.60. The van der Waals surface area contributed by atoms with Crippen LogP contribution in [-0.2, 0) is 9.53 Å². The third-order valence-electron chi connectivity index (χ3n) is 5.22. The molecule has 21 heavy (non-hydrogen) atoms. The molecule has 3 rings (SSSR count). The van der Waals surface area contributed by atoms with E-state index in [2.05, 4.69) is 17.1 Å². The number of hydrogen-bond acceptors (Lipinski definition) is 4. The van der Waals surface area contributed by atoms with Crippen molar-refractivity contribution in [3.63, 3.8) is 0 Å². The molecule has 5 nitrogen and oxygen atoms in total. The van der Waals surface area contributed by atoms with Gasteiger partial charge in [0.05, 0.1) is 5.60 Å². The molecule has 0 atom stereocenters. The van der Waals surface area contributed by atoms with Gasteiger partial charge < -0.3 is 19.9 Å². The third-order valence-corrected chi connectivity index (χ3v) is 5.22. The van der Waals surface area contributed by atoms with Gasteiger partial charge in [0.1, 0.15) is 6.61 Å². The second-order valence-electron chi connectivity index (χ2n) is 7.17. The Morgan fingerprint density at radius 2 is 1.86 bits per heavy atom. The van der Waals surface area contributed by atoms with E-state index in [1.807, 2.05) is 4.90 Å². The van der Waals surface area contributed by atoms with Crippen LogP contribution in [0.5, 0.6) is 0 Å². The number of nitrogens with one attached hydrogen (secondary N) is 1. The van der Waals surface area contributed by atoms with E-state index in [0.29, 0.717) is 0 Å². The summed E-state index contributed by atoms with van der Waals surface area (Å²) in [7, 11) is 0. The summed E-state index contributed by atoms with van der Waals surface area (Å²) in [6.07, 6.45) is 5.03. The molecule has 1 amide bonds. The number of carbonyl (C=O) groups excluding carboxylic acids is 1. The standard InChI is InChI=1S/C16H29N3O2/c1-16(12-17-13-16)21-11-15(20)19-8-4-14(5-9-19)10-18-6-2-3-7-18/h14,17H,2-13H2,1H3. The summed E-state index contributed by atoms with van der Waals surface area (Å²) in [4.78, 5) is 16.8. The summed E-state index contributed by atoms with van der Waals surface area (Å²) in [5, 5.41) is 3.19. The van der Waals surface area contributed by atoms with Crippen molar-refractivity contribution >= 4 is 5.91 Å². The Bertz CT molecular complexity index is 357. The number of carbonyl (C=O) groups is 1. The van der Waals surface area contributed by atoms with E-state index in [1.54, 1.807) is 0 Å². The van der Waals surface area contributed by atoms with Crippen LogP contribution in [0.1, 0.15) is 32.6 Å². The summed E-state index contributed by atoms with van der Waals surface area (Å²) in [5.74, 6) is 0.948. The zero-order valence-corrected chi connectivity index (χ0v) is 13.3. The second kappa shape index (κ2) is 6.63. The molecule has 0 radical (unpaired) electrons. The first-order valence-electron chi connectivity index (χ1n) is 8.49. The van der Waals surface area contributed by atoms with Crippen LogP contribution in [-0.4, -0.2) is 73.7 Å². The quantitative estimate of drug-likeness (QED) is 0.811. The van der Waals surface area contributed by atoms with Crippen molar-refractivity contribution in [2.75, 3.05) is 52.4 Å². The van der Waals surface area contributed by atoms with Crippen LogP contribution < -0.4 is 5.32 Å². The molecular formula is C16H29N3O2. The van der Waals surface area contributed by atoms with Gasteiger partial charge >= 0.3 is 0 Å². The van der Waals surface area contributed by atoms with Gasteiger partial charge in [0.15, 0.2) is 0 Å². The van der Waals surface area contributed by atoms with E-state index in [9.17, 15) is 4.79 Å². The number of rotatable bonds is 5. The molecule has 0 aromatic heterocycles. The van der Waals surface area contributed by atoms with Crippen LogP contribution in [0.25, 0.3) is 0 Å². The van der Waals surface area contributed by atoms with Crippen molar-refractivity contribution in [1.29, 1.82) is 0 Å². The Balaban J connectivity index is 1.35. The molecule has 5 heteroatoms. The summed E-state index contributed by atoms with van der Waals surface area (Å²) in [6.45, 7) is 9.65. The fraction of sp³-hybridized carbons (Fsp3) is 0.938. The highest BCUT2D eigenvalue weighted by Gasteiger charge is 2.34. The van der Waals surface area contributed by atoms with Gasteiger partial charge in [-0.2, -0.15) is 0 Å². The van der Waals surface area contributed by atoms with Crippen LogP contribution in [0.15, 0.2) is 0 Å². The maximum Gasteiger partial charge on any atom is 0.248 e. The number of ether oxygens (including phenoxy) is 1. The fourth-order valence-corrected chi connectivity index (χ4v) is 3.60. The first-order chi connectivity index (χ1) is 10.1. The lowest BCUT2D eigenvalue weighted by atomic mass is 9.96. The largest absolute Gasteiger partial charge is 0.363 e. The topological polar surface area (TPSA) is 44.8 Å². The van der Waals surface area contributed by atoms with Crippen LogP contribution in [0.4, 0.5) is 0 Å². The molecule has 3 saturated heterocycles. The first kappa shape index (κ1) is 15.3. The summed E-state index contributed by atoms with van der Waals surface area (Å²) in [6, 6.07) is 0. The molecule has 1 N–H and O–H groups in total. The minimum Gasteiger partial charge on any atom is -0.363 e. The lowest BCUT2D eigenvalue weighted by molar-refractivity contribution is -0.147. The average Bonchev–Trinajstić information content (AvgIpc) is 2.96. The Labute approximate surface area is 128 Å². The summed E-state index contributed by atoms with van der Waals surface area (Å²) >= 11 is 0. The minimum absolute atomic E-state index is 0.121. The number of amides is 1. The normalized spacial score (nSPS) is 26.8. The molecule has 0 saturated carbocycles. The second-order valence-corrected chi connectivity index (χ2v) is 7.17. The summed E-state index contributed by atoms with van der Waals surface area (Å²) in [5.41, 5.74) is -0.121. The van der Waals surface area contributed by atoms with Crippen LogP contribution in [0, 0.1) is 5.92 Å². The SMILES string of the molecule is CC1(OCC(=O)N2CCC(CN3CCCC3)CC2)CNC1. The van der Waals surface area contributed by atoms with Crippen molar-refractivity contribution in [1.82, 2.24) is 15.1 Å².